The second-order valence-electron chi connectivity index (χ2n) is 6.33. The van der Waals surface area contributed by atoms with Crippen molar-refractivity contribution in [1.82, 2.24) is 4.90 Å². The van der Waals surface area contributed by atoms with E-state index in [2.05, 4.69) is 0 Å². The summed E-state index contributed by atoms with van der Waals surface area (Å²) in [6.07, 6.45) is 1.80. The molecule has 0 bridgehead atoms. The van der Waals surface area contributed by atoms with E-state index in [1.807, 2.05) is 0 Å². The molecule has 1 aliphatic carbocycles. The first-order valence-corrected chi connectivity index (χ1v) is 9.56. The highest BCUT2D eigenvalue weighted by atomic mass is 32.2. The Morgan fingerprint density at radius 3 is 2.24 bits per heavy atom. The predicted octanol–water partition coefficient (Wildman–Crippen LogP) is 1.08. The molecule has 2 aliphatic rings. The van der Waals surface area contributed by atoms with Crippen LogP contribution in [-0.4, -0.2) is 58.8 Å². The summed E-state index contributed by atoms with van der Waals surface area (Å²) in [4.78, 5) is 35.8. The maximum atomic E-state index is 12.9. The van der Waals surface area contributed by atoms with Gasteiger partial charge in [-0.3, -0.25) is 14.9 Å². The zero-order valence-electron chi connectivity index (χ0n) is 13.1. The van der Waals surface area contributed by atoms with Gasteiger partial charge in [-0.25, -0.2) is 13.2 Å². The van der Waals surface area contributed by atoms with Crippen LogP contribution in [0.2, 0.25) is 0 Å². The van der Waals surface area contributed by atoms with E-state index < -0.39 is 38.4 Å². The van der Waals surface area contributed by atoms with Crippen LogP contribution in [0, 0.1) is 10.1 Å². The normalized spacial score (nSPS) is 21.7. The lowest BCUT2D eigenvalue weighted by molar-refractivity contribution is -0.384. The highest BCUT2D eigenvalue weighted by Crippen LogP contribution is 2.34. The number of rotatable bonds is 5. The van der Waals surface area contributed by atoms with Crippen molar-refractivity contribution in [2.24, 2.45) is 0 Å². The molecule has 1 N–H and O–H groups in total. The Hall–Kier alpha value is -2.49. The van der Waals surface area contributed by atoms with Crippen LogP contribution in [0.15, 0.2) is 18.2 Å². The highest BCUT2D eigenvalue weighted by molar-refractivity contribution is 7.91. The molecule has 3 rings (SSSR count). The topological polar surface area (TPSA) is 135 Å². The molecule has 9 nitrogen and oxygen atoms in total. The number of carboxylic acids is 1. The zero-order valence-corrected chi connectivity index (χ0v) is 13.9. The summed E-state index contributed by atoms with van der Waals surface area (Å²) in [7, 11) is -3.20. The number of hydrogen-bond acceptors (Lipinski definition) is 6. The van der Waals surface area contributed by atoms with Crippen molar-refractivity contribution in [2.75, 3.05) is 11.5 Å². The summed E-state index contributed by atoms with van der Waals surface area (Å²) in [6.45, 7) is 0. The van der Waals surface area contributed by atoms with Crippen molar-refractivity contribution >= 4 is 27.4 Å². The molecule has 25 heavy (non-hydrogen) atoms. The number of carbonyl (C=O) groups excluding carboxylic acids is 1. The number of carboxylic acid groups (broad SMARTS) is 1. The molecule has 1 amide bonds. The van der Waals surface area contributed by atoms with E-state index >= 15 is 0 Å². The summed E-state index contributed by atoms with van der Waals surface area (Å²) in [5, 5.41) is 20.1. The number of sulfone groups is 1. The van der Waals surface area contributed by atoms with E-state index in [1.165, 1.54) is 4.90 Å². The minimum absolute atomic E-state index is 0.00345. The van der Waals surface area contributed by atoms with Gasteiger partial charge in [0.15, 0.2) is 9.84 Å². The first kappa shape index (κ1) is 17.3. The van der Waals surface area contributed by atoms with Gasteiger partial charge < -0.3 is 10.0 Å². The van der Waals surface area contributed by atoms with Crippen molar-refractivity contribution in [2.45, 2.75) is 31.3 Å². The Morgan fingerprint density at radius 2 is 1.76 bits per heavy atom. The SMILES string of the molecule is O=C(O)c1cc(C(=O)N(C2CC2)C2CCS(=O)(=O)C2)cc([N+](=O)[O-])c1. The average molecular weight is 368 g/mol. The molecule has 1 heterocycles. The highest BCUT2D eigenvalue weighted by Gasteiger charge is 2.42. The standard InChI is InChI=1S/C15H16N2O7S/c18-14(9-5-10(15(19)20)7-13(6-9)17(21)22)16(11-1-2-11)12-3-4-25(23,24)8-12/h5-7,11-12H,1-4,8H2,(H,19,20). The molecular weight excluding hydrogens is 352 g/mol. The average Bonchev–Trinajstić information content (AvgIpc) is 3.30. The zero-order chi connectivity index (χ0) is 18.4. The molecular formula is C15H16N2O7S. The summed E-state index contributed by atoms with van der Waals surface area (Å²) in [6, 6.07) is 2.45. The van der Waals surface area contributed by atoms with Gasteiger partial charge in [0, 0.05) is 29.8 Å². The Kier molecular flexibility index (Phi) is 4.23. The van der Waals surface area contributed by atoms with Gasteiger partial charge in [-0.2, -0.15) is 0 Å². The van der Waals surface area contributed by atoms with Gasteiger partial charge in [0.1, 0.15) is 0 Å². The van der Waals surface area contributed by atoms with Crippen LogP contribution in [0.4, 0.5) is 5.69 Å². The Bertz CT molecular complexity index is 828. The molecule has 1 aliphatic heterocycles. The third-order valence-corrected chi connectivity index (χ3v) is 6.15. The maximum absolute atomic E-state index is 12.9. The Labute approximate surface area is 143 Å². The molecule has 1 saturated heterocycles. The van der Waals surface area contributed by atoms with Crippen LogP contribution in [0.25, 0.3) is 0 Å². The molecule has 10 heteroatoms. The van der Waals surface area contributed by atoms with Crippen LogP contribution in [0.3, 0.4) is 0 Å². The van der Waals surface area contributed by atoms with Gasteiger partial charge in [-0.15, -0.1) is 0 Å². The lowest BCUT2D eigenvalue weighted by atomic mass is 10.1. The van der Waals surface area contributed by atoms with Crippen LogP contribution in [0.5, 0.6) is 0 Å². The number of nitro groups is 1. The first-order valence-electron chi connectivity index (χ1n) is 7.74. The maximum Gasteiger partial charge on any atom is 0.335 e. The minimum Gasteiger partial charge on any atom is -0.478 e. The molecule has 134 valence electrons. The monoisotopic (exact) mass is 368 g/mol. The lowest BCUT2D eigenvalue weighted by Crippen LogP contribution is -2.42. The van der Waals surface area contributed by atoms with Crippen LogP contribution >= 0.6 is 0 Å². The Balaban J connectivity index is 1.97. The van der Waals surface area contributed by atoms with Crippen molar-refractivity contribution < 1.29 is 28.0 Å². The number of nitro benzene ring substituents is 1. The molecule has 1 atom stereocenters. The predicted molar refractivity (Wildman–Crippen MR) is 86.3 cm³/mol. The van der Waals surface area contributed by atoms with Crippen LogP contribution < -0.4 is 0 Å². The lowest BCUT2D eigenvalue weighted by Gasteiger charge is -2.28. The fourth-order valence-corrected chi connectivity index (χ4v) is 4.80. The number of aromatic carboxylic acids is 1. The third-order valence-electron chi connectivity index (χ3n) is 4.40. The van der Waals surface area contributed by atoms with Gasteiger partial charge in [0.05, 0.1) is 22.0 Å². The van der Waals surface area contributed by atoms with Gasteiger partial charge in [0.2, 0.25) is 0 Å². The smallest absolute Gasteiger partial charge is 0.335 e. The number of benzene rings is 1. The first-order chi connectivity index (χ1) is 11.7. The van der Waals surface area contributed by atoms with Gasteiger partial charge in [0.25, 0.3) is 11.6 Å². The largest absolute Gasteiger partial charge is 0.478 e. The molecule has 1 aromatic rings. The fraction of sp³-hybridized carbons (Fsp3) is 0.467. The van der Waals surface area contributed by atoms with E-state index in [4.69, 9.17) is 5.11 Å². The second-order valence-corrected chi connectivity index (χ2v) is 8.56. The van der Waals surface area contributed by atoms with Crippen molar-refractivity contribution in [3.05, 3.63) is 39.4 Å². The van der Waals surface area contributed by atoms with Gasteiger partial charge >= 0.3 is 5.97 Å². The van der Waals surface area contributed by atoms with E-state index in [1.54, 1.807) is 0 Å². The minimum atomic E-state index is -3.20. The molecule has 0 spiro atoms. The number of amides is 1. The van der Waals surface area contributed by atoms with Crippen molar-refractivity contribution in [3.63, 3.8) is 0 Å². The van der Waals surface area contributed by atoms with Gasteiger partial charge in [-0.05, 0) is 25.3 Å². The van der Waals surface area contributed by atoms with E-state index in [0.29, 0.717) is 6.42 Å². The summed E-state index contributed by atoms with van der Waals surface area (Å²) >= 11 is 0. The molecule has 1 unspecified atom stereocenters. The summed E-state index contributed by atoms with van der Waals surface area (Å²) in [5.41, 5.74) is -0.951. The Morgan fingerprint density at radius 1 is 1.12 bits per heavy atom. The molecule has 1 aromatic carbocycles. The van der Waals surface area contributed by atoms with E-state index in [-0.39, 0.29) is 28.7 Å². The van der Waals surface area contributed by atoms with Crippen molar-refractivity contribution in [1.29, 1.82) is 0 Å². The van der Waals surface area contributed by atoms with Crippen molar-refractivity contribution in [3.8, 4) is 0 Å². The molecule has 1 saturated carbocycles. The second kappa shape index (κ2) is 6.10. The molecule has 0 aromatic heterocycles. The number of nitrogens with zero attached hydrogens (tertiary/aromatic N) is 2. The van der Waals surface area contributed by atoms with Crippen LogP contribution in [-0.2, 0) is 9.84 Å². The summed E-state index contributed by atoms with van der Waals surface area (Å²) in [5.74, 6) is -2.06. The third kappa shape index (κ3) is 3.63. The molecule has 0 radical (unpaired) electrons. The number of hydrogen-bond donors (Lipinski definition) is 1. The van der Waals surface area contributed by atoms with Crippen LogP contribution in [0.1, 0.15) is 40.0 Å². The summed E-state index contributed by atoms with van der Waals surface area (Å²) < 4.78 is 23.5. The van der Waals surface area contributed by atoms with E-state index in [9.17, 15) is 28.1 Å². The van der Waals surface area contributed by atoms with E-state index in [0.717, 1.165) is 31.0 Å². The molecule has 2 fully saturated rings. The fourth-order valence-electron chi connectivity index (χ4n) is 3.09. The number of carbonyl (C=O) groups is 2. The van der Waals surface area contributed by atoms with Gasteiger partial charge in [-0.1, -0.05) is 0 Å². The quantitative estimate of drug-likeness (QED) is 0.607. The number of non-ortho nitro benzene ring substituents is 1.